The highest BCUT2D eigenvalue weighted by molar-refractivity contribution is 6.01. The number of aromatic amines is 2. The van der Waals surface area contributed by atoms with E-state index >= 15 is 0 Å². The van der Waals surface area contributed by atoms with Crippen molar-refractivity contribution in [2.75, 3.05) is 12.8 Å². The third-order valence-corrected chi connectivity index (χ3v) is 3.40. The summed E-state index contributed by atoms with van der Waals surface area (Å²) in [6.45, 7) is 4.11. The minimum absolute atomic E-state index is 0.490. The van der Waals surface area contributed by atoms with E-state index in [2.05, 4.69) is 28.2 Å². The van der Waals surface area contributed by atoms with Crippen LogP contribution in [-0.4, -0.2) is 22.3 Å². The molecule has 3 aromatic rings. The Kier molecular flexibility index (Phi) is 2.48. The van der Waals surface area contributed by atoms with Crippen LogP contribution in [-0.2, 0) is 0 Å². The van der Waals surface area contributed by atoms with Crippen molar-refractivity contribution in [3.05, 3.63) is 29.5 Å². The summed E-state index contributed by atoms with van der Waals surface area (Å²) in [5.74, 6) is 1.33. The fourth-order valence-electron chi connectivity index (χ4n) is 2.54. The number of anilines is 1. The monoisotopic (exact) mass is 256 g/mol. The first kappa shape index (κ1) is 11.6. The maximum atomic E-state index is 5.70. The molecule has 2 aromatic heterocycles. The van der Waals surface area contributed by atoms with E-state index in [0.717, 1.165) is 33.6 Å². The number of hydrogen-bond donors (Lipinski definition) is 3. The summed E-state index contributed by atoms with van der Waals surface area (Å²) in [4.78, 5) is 3.38. The number of nitrogens with zero attached hydrogens (tertiary/aromatic N) is 1. The minimum atomic E-state index is 0.490. The van der Waals surface area contributed by atoms with E-state index in [1.807, 2.05) is 19.1 Å². The van der Waals surface area contributed by atoms with Crippen LogP contribution in [0.5, 0.6) is 5.75 Å². The molecule has 5 nitrogen and oxygen atoms in total. The van der Waals surface area contributed by atoms with Crippen molar-refractivity contribution in [3.63, 3.8) is 0 Å². The second-order valence-electron chi connectivity index (χ2n) is 4.67. The molecule has 0 unspecified atom stereocenters. The number of ether oxygens (including phenoxy) is 1. The number of aryl methyl sites for hydroxylation is 2. The molecule has 19 heavy (non-hydrogen) atoms. The number of H-pyrrole nitrogens is 2. The second kappa shape index (κ2) is 4.05. The van der Waals surface area contributed by atoms with Gasteiger partial charge in [-0.25, -0.2) is 0 Å². The highest BCUT2D eigenvalue weighted by atomic mass is 16.5. The Labute approximate surface area is 110 Å². The van der Waals surface area contributed by atoms with Crippen molar-refractivity contribution in [2.24, 2.45) is 0 Å². The van der Waals surface area contributed by atoms with Gasteiger partial charge in [0.05, 0.1) is 18.3 Å². The van der Waals surface area contributed by atoms with Crippen LogP contribution in [0.2, 0.25) is 0 Å². The van der Waals surface area contributed by atoms with E-state index in [0.29, 0.717) is 5.82 Å². The maximum absolute atomic E-state index is 5.70. The molecule has 0 radical (unpaired) electrons. The van der Waals surface area contributed by atoms with Crippen molar-refractivity contribution < 1.29 is 4.74 Å². The van der Waals surface area contributed by atoms with Crippen LogP contribution in [0.15, 0.2) is 18.2 Å². The molecule has 0 aliphatic carbocycles. The summed E-state index contributed by atoms with van der Waals surface area (Å²) in [6.07, 6.45) is 0. The Morgan fingerprint density at radius 3 is 2.68 bits per heavy atom. The first-order chi connectivity index (χ1) is 9.11. The summed E-state index contributed by atoms with van der Waals surface area (Å²) < 4.78 is 5.41. The van der Waals surface area contributed by atoms with Crippen molar-refractivity contribution >= 4 is 16.7 Å². The highest BCUT2D eigenvalue weighted by Gasteiger charge is 2.17. The Hall–Kier alpha value is -2.43. The molecule has 4 N–H and O–H groups in total. The van der Waals surface area contributed by atoms with Gasteiger partial charge in [0.15, 0.2) is 0 Å². The fraction of sp³-hybridized carbons (Fsp3) is 0.214. The van der Waals surface area contributed by atoms with Gasteiger partial charge < -0.3 is 15.5 Å². The zero-order chi connectivity index (χ0) is 13.6. The number of aromatic nitrogens is 3. The van der Waals surface area contributed by atoms with Gasteiger partial charge in [-0.05, 0) is 25.5 Å². The van der Waals surface area contributed by atoms with Gasteiger partial charge >= 0.3 is 0 Å². The lowest BCUT2D eigenvalue weighted by Crippen LogP contribution is -1.86. The molecule has 0 bridgehead atoms. The predicted octanol–water partition coefficient (Wildman–Crippen LogP) is 2.77. The van der Waals surface area contributed by atoms with Gasteiger partial charge in [-0.3, -0.25) is 5.10 Å². The Balaban J connectivity index is 2.39. The number of rotatable bonds is 2. The summed E-state index contributed by atoms with van der Waals surface area (Å²) in [5.41, 5.74) is 11.0. The number of nitrogens with one attached hydrogen (secondary N) is 2. The molecule has 1 aromatic carbocycles. The molecule has 3 rings (SSSR count). The molecule has 98 valence electrons. The van der Waals surface area contributed by atoms with Crippen molar-refractivity contribution in [3.8, 4) is 17.0 Å². The minimum Gasteiger partial charge on any atom is -0.495 e. The molecule has 5 heteroatoms. The molecule has 0 amide bonds. The average molecular weight is 256 g/mol. The summed E-state index contributed by atoms with van der Waals surface area (Å²) in [5, 5.41) is 8.11. The van der Waals surface area contributed by atoms with E-state index < -0.39 is 0 Å². The molecule has 0 atom stereocenters. The van der Waals surface area contributed by atoms with Gasteiger partial charge in [0.25, 0.3) is 0 Å². The van der Waals surface area contributed by atoms with Gasteiger partial charge in [0.1, 0.15) is 11.6 Å². The van der Waals surface area contributed by atoms with E-state index in [1.165, 1.54) is 5.56 Å². The zero-order valence-electron chi connectivity index (χ0n) is 11.2. The van der Waals surface area contributed by atoms with Gasteiger partial charge in [0, 0.05) is 22.7 Å². The highest BCUT2D eigenvalue weighted by Crippen LogP contribution is 2.37. The molecular formula is C14H16N4O. The van der Waals surface area contributed by atoms with Crippen LogP contribution in [0.4, 0.5) is 5.82 Å². The third-order valence-electron chi connectivity index (χ3n) is 3.40. The molecule has 2 heterocycles. The van der Waals surface area contributed by atoms with Crippen LogP contribution in [0.3, 0.4) is 0 Å². The van der Waals surface area contributed by atoms with E-state index in [9.17, 15) is 0 Å². The van der Waals surface area contributed by atoms with E-state index in [-0.39, 0.29) is 0 Å². The Bertz CT molecular complexity index is 754. The molecule has 0 spiro atoms. The van der Waals surface area contributed by atoms with E-state index in [1.54, 1.807) is 7.11 Å². The summed E-state index contributed by atoms with van der Waals surface area (Å²) >= 11 is 0. The quantitative estimate of drug-likeness (QED) is 0.659. The smallest absolute Gasteiger partial charge is 0.145 e. The van der Waals surface area contributed by atoms with E-state index in [4.69, 9.17) is 10.5 Å². The first-order valence-electron chi connectivity index (χ1n) is 6.09. The van der Waals surface area contributed by atoms with Gasteiger partial charge in [0.2, 0.25) is 0 Å². The summed E-state index contributed by atoms with van der Waals surface area (Å²) in [7, 11) is 1.67. The Morgan fingerprint density at radius 1 is 1.26 bits per heavy atom. The number of methoxy groups -OCH3 is 1. The first-order valence-corrected chi connectivity index (χ1v) is 6.09. The van der Waals surface area contributed by atoms with Crippen LogP contribution >= 0.6 is 0 Å². The van der Waals surface area contributed by atoms with Crippen molar-refractivity contribution in [1.82, 2.24) is 15.2 Å². The lowest BCUT2D eigenvalue weighted by Gasteiger charge is -2.05. The Morgan fingerprint density at radius 2 is 2.05 bits per heavy atom. The zero-order valence-corrected chi connectivity index (χ0v) is 11.2. The number of hydrogen-bond acceptors (Lipinski definition) is 3. The van der Waals surface area contributed by atoms with Crippen LogP contribution in [0, 0.1) is 13.8 Å². The van der Waals surface area contributed by atoms with Crippen LogP contribution < -0.4 is 10.5 Å². The molecular weight excluding hydrogens is 240 g/mol. The predicted molar refractivity (Wildman–Crippen MR) is 76.3 cm³/mol. The standard InChI is InChI=1S/C14H16N4O/c1-7-4-5-10(19-3)14-12(7)13(8(2)16-14)9-6-11(15)18-17-9/h4-6,16H,1-3H3,(H3,15,17,18). The number of benzene rings is 1. The van der Waals surface area contributed by atoms with Crippen LogP contribution in [0.1, 0.15) is 11.3 Å². The topological polar surface area (TPSA) is 79.7 Å². The maximum Gasteiger partial charge on any atom is 0.145 e. The van der Waals surface area contributed by atoms with Gasteiger partial charge in [-0.2, -0.15) is 5.10 Å². The summed E-state index contributed by atoms with van der Waals surface area (Å²) in [6, 6.07) is 5.87. The molecule has 0 fully saturated rings. The second-order valence-corrected chi connectivity index (χ2v) is 4.67. The fourth-order valence-corrected chi connectivity index (χ4v) is 2.54. The van der Waals surface area contributed by atoms with Gasteiger partial charge in [-0.15, -0.1) is 0 Å². The largest absolute Gasteiger partial charge is 0.495 e. The van der Waals surface area contributed by atoms with Crippen molar-refractivity contribution in [1.29, 1.82) is 0 Å². The lowest BCUT2D eigenvalue weighted by molar-refractivity contribution is 0.419. The molecule has 0 saturated heterocycles. The molecule has 0 aliphatic rings. The number of nitrogen functional groups attached to an aromatic ring is 1. The normalized spacial score (nSPS) is 11.1. The van der Waals surface area contributed by atoms with Crippen LogP contribution in [0.25, 0.3) is 22.2 Å². The average Bonchev–Trinajstić information content (AvgIpc) is 2.93. The lowest BCUT2D eigenvalue weighted by atomic mass is 10.0. The molecule has 0 saturated carbocycles. The third kappa shape index (κ3) is 1.66. The SMILES string of the molecule is COc1ccc(C)c2c(-c3cc(N)n[nH]3)c(C)[nH]c12. The number of nitrogens with two attached hydrogens (primary N) is 1. The van der Waals surface area contributed by atoms with Crippen molar-refractivity contribution in [2.45, 2.75) is 13.8 Å². The van der Waals surface area contributed by atoms with Gasteiger partial charge in [-0.1, -0.05) is 6.07 Å². The molecule has 0 aliphatic heterocycles. The number of fused-ring (bicyclic) bond motifs is 1.